The Hall–Kier alpha value is -9.92. The second kappa shape index (κ2) is 54.6. The van der Waals surface area contributed by atoms with Gasteiger partial charge in [-0.1, -0.05) is 139 Å². The topological polar surface area (TPSA) is 404 Å². The van der Waals surface area contributed by atoms with E-state index in [1.807, 2.05) is 73.7 Å². The number of aliphatic imine (C=N–C) groups is 1. The van der Waals surface area contributed by atoms with Gasteiger partial charge in [0.05, 0.1) is 175 Å². The number of benzene rings is 4. The minimum Gasteiger partial charge on any atom is -0.379 e. The quantitative estimate of drug-likeness (QED) is 0.00496. The van der Waals surface area contributed by atoms with Crippen LogP contribution in [-0.2, 0) is 121 Å². The molecule has 0 saturated heterocycles. The lowest BCUT2D eigenvalue weighted by molar-refractivity contribution is -0.869. The van der Waals surface area contributed by atoms with Gasteiger partial charge in [-0.25, -0.2) is 0 Å². The molecule has 3 fully saturated rings. The fourth-order valence-corrected chi connectivity index (χ4v) is 20.3. The number of unbranched alkanes of at least 4 members (excludes halogenated alkanes) is 1. The number of aryl methyl sites for hydroxylation is 3. The van der Waals surface area contributed by atoms with Crippen molar-refractivity contribution in [2.75, 3.05) is 176 Å². The summed E-state index contributed by atoms with van der Waals surface area (Å²) in [6, 6.07) is 24.5. The lowest BCUT2D eigenvalue weighted by Gasteiger charge is -2.56. The second-order valence-electron chi connectivity index (χ2n) is 39.5. The zero-order valence-electron chi connectivity index (χ0n) is 83.1. The number of hydrogen-bond donors (Lipinski definition) is 9. The monoisotopic (exact) mass is 1900 g/mol. The Kier molecular flexibility index (Phi) is 43.5. The highest BCUT2D eigenvalue weighted by Crippen LogP contribution is 2.60. The maximum absolute atomic E-state index is 15.0. The van der Waals surface area contributed by atoms with E-state index < -0.39 is 70.0 Å². The van der Waals surface area contributed by atoms with Crippen LogP contribution in [0.15, 0.2) is 95.0 Å². The molecule has 4 aromatic carbocycles. The predicted octanol–water partition coefficient (Wildman–Crippen LogP) is 9.40. The molecule has 10 atom stereocenters. The average molecular weight is 1900 g/mol. The third-order valence-corrected chi connectivity index (χ3v) is 28.0. The van der Waals surface area contributed by atoms with E-state index in [1.54, 1.807) is 25.7 Å². The average Bonchev–Trinajstić information content (AvgIpc) is 0.720. The van der Waals surface area contributed by atoms with Gasteiger partial charge in [-0.3, -0.25) is 58.3 Å². The van der Waals surface area contributed by atoms with Gasteiger partial charge >= 0.3 is 0 Å². The molecule has 10 N–H and O–H groups in total. The number of quaternary nitrogens is 1. The number of imide groups is 1. The Balaban J connectivity index is 0.653. The SMILES string of the molecule is Cc1ccc2c(c1)[C@@]1(C)CCC[C@](C)(C(=O)NC(=O)[C@@]3(C)CCC[C@]4(C)c5cc(NC(=O)[C@H](C)NC(=O)[C@@H](NC(=O)[C@@H](CCCCNC(=O)COC6CCCCCC(=NCCOCCOCCOCCOCCC(=O)NCC[N+](C)(C)C)C6=NN)NC(=O)CCOCCOCCOCCOCCNC(=O)CCC(=O)N6Cc7ccccc7C#Cc7ccccc76)C(C)C)ccc5CC[C@@H]34)[C@@H]1CC2. The third-order valence-electron chi connectivity index (χ3n) is 28.0. The number of ether oxygens (including phenoxy) is 9. The first-order valence-electron chi connectivity index (χ1n) is 49.8. The molecule has 1 heterocycles. The van der Waals surface area contributed by atoms with Gasteiger partial charge in [-0.05, 0) is 190 Å². The van der Waals surface area contributed by atoms with E-state index in [-0.39, 0.29) is 151 Å². The number of likely N-dealkylation sites (N-methyl/N-ethyl adjacent to an activating group) is 1. The number of nitrogens with one attached hydrogen (secondary N) is 8. The van der Waals surface area contributed by atoms with Crippen molar-refractivity contribution < 1.29 is 95.1 Å². The molecule has 3 saturated carbocycles. The molecule has 1 unspecified atom stereocenters. The molecule has 0 aromatic heterocycles. The number of amides is 10. The summed E-state index contributed by atoms with van der Waals surface area (Å²) in [7, 11) is 6.23. The first kappa shape index (κ1) is 109. The number of para-hydroxylation sites is 1. The van der Waals surface area contributed by atoms with Gasteiger partial charge in [0.2, 0.25) is 59.1 Å². The van der Waals surface area contributed by atoms with E-state index in [4.69, 9.17) is 53.5 Å². The summed E-state index contributed by atoms with van der Waals surface area (Å²) < 4.78 is 52.3. The molecule has 32 heteroatoms. The Morgan fingerprint density at radius 1 is 0.511 bits per heavy atom. The van der Waals surface area contributed by atoms with Crippen LogP contribution in [0.2, 0.25) is 0 Å². The van der Waals surface area contributed by atoms with Crippen molar-refractivity contribution in [3.05, 3.63) is 129 Å². The van der Waals surface area contributed by atoms with Crippen molar-refractivity contribution in [3.8, 4) is 11.8 Å². The van der Waals surface area contributed by atoms with Gasteiger partial charge in [0.15, 0.2) is 0 Å². The zero-order chi connectivity index (χ0) is 98.4. The van der Waals surface area contributed by atoms with E-state index in [1.165, 1.54) is 16.7 Å². The van der Waals surface area contributed by atoms with Crippen molar-refractivity contribution in [1.29, 1.82) is 0 Å². The summed E-state index contributed by atoms with van der Waals surface area (Å²) in [5.41, 5.74) is 8.86. The van der Waals surface area contributed by atoms with Crippen LogP contribution >= 0.6 is 0 Å². The molecule has 0 radical (unpaired) electrons. The lowest BCUT2D eigenvalue weighted by atomic mass is 9.49. The minimum absolute atomic E-state index is 0.00312. The minimum atomic E-state index is -1.14. The predicted molar refractivity (Wildman–Crippen MR) is 526 cm³/mol. The highest BCUT2D eigenvalue weighted by atomic mass is 16.6. The summed E-state index contributed by atoms with van der Waals surface area (Å²) in [5, 5.41) is 27.5. The van der Waals surface area contributed by atoms with Gasteiger partial charge in [0.25, 0.3) is 0 Å². The van der Waals surface area contributed by atoms with Gasteiger partial charge in [0.1, 0.15) is 36.5 Å². The molecule has 0 bridgehead atoms. The van der Waals surface area contributed by atoms with Crippen LogP contribution in [0, 0.1) is 47.3 Å². The summed E-state index contributed by atoms with van der Waals surface area (Å²) in [6.45, 7) is 22.9. The molecular weight excluding hydrogens is 1750 g/mol. The standard InChI is InChI=1S/C105H153N13O19/c1-73(2)95(99(126)111-75(4)97(124)112-81-37-34-78-36-39-89-103(6,83(78)70-81)45-22-47-105(89,8)101(128)115-100(127)104(7)46-21-44-102(5)82-69-74(3)30-31-77(82)35-38-88(102)104)114-98(125)85(113-92(121)43-54-130-58-62-134-66-68-136-64-60-132-56-51-110-90(119)40-41-94(123)117-71-80-25-16-15-23-76(80)32-33-79-24-17-18-28-86(79)117)27-19-20-48-108-93(122)72-137-87-29-14-12-13-26-84(96(87)116-106)107-50-55-131-59-63-135-67-65-133-61-57-129-53-42-91(120)109-49-52-118(9,10)11/h15-18,23-25,28,30-31,34,37,69-70,73,75,85,87-89,95H,12-14,19-22,26-27,29,35-36,38-68,71-72H2,1-11H3,(H9-,106,107,108,109,110,111,112,113,114,115,119,120,121,122,124,125,126,127,128)/p+1/t75-,85+,87?,88+,89+,95-,102+,103+,104-,105-/m0/s1. The first-order chi connectivity index (χ1) is 65.8. The van der Waals surface area contributed by atoms with Crippen LogP contribution in [0.3, 0.4) is 0 Å². The van der Waals surface area contributed by atoms with E-state index in [9.17, 15) is 43.2 Å². The molecule has 6 aliphatic rings. The number of anilines is 2. The fraction of sp³-hybridized carbons (Fsp3) is 0.638. The Bertz CT molecular complexity index is 4810. The molecule has 4 aromatic rings. The number of nitrogens with zero attached hydrogens (tertiary/aromatic N) is 4. The van der Waals surface area contributed by atoms with Crippen molar-refractivity contribution in [2.45, 2.75) is 238 Å². The number of hydrogen-bond acceptors (Lipinski definition) is 22. The van der Waals surface area contributed by atoms with Gasteiger partial charge < -0.3 is 95.1 Å². The fourth-order valence-electron chi connectivity index (χ4n) is 20.3. The van der Waals surface area contributed by atoms with Crippen LogP contribution in [-0.4, -0.2) is 265 Å². The number of nitrogens with two attached hydrogens (primary N) is 1. The lowest BCUT2D eigenvalue weighted by Crippen LogP contribution is -2.60. The number of rotatable bonds is 54. The van der Waals surface area contributed by atoms with Crippen LogP contribution in [0.25, 0.3) is 0 Å². The van der Waals surface area contributed by atoms with Crippen LogP contribution in [0.4, 0.5) is 11.4 Å². The Labute approximate surface area is 810 Å². The smallest absolute Gasteiger partial charge is 0.246 e. The van der Waals surface area contributed by atoms with Crippen molar-refractivity contribution >= 4 is 81.9 Å². The van der Waals surface area contributed by atoms with E-state index in [0.29, 0.717) is 134 Å². The summed E-state index contributed by atoms with van der Waals surface area (Å²) in [5.74, 6) is 8.48. The number of carbonyl (C=O) groups excluding carboxylic acids is 10. The van der Waals surface area contributed by atoms with Crippen molar-refractivity contribution in [3.63, 3.8) is 0 Å². The van der Waals surface area contributed by atoms with Crippen molar-refractivity contribution in [1.82, 2.24) is 37.2 Å². The maximum Gasteiger partial charge on any atom is 0.246 e. The molecule has 32 nitrogen and oxygen atoms in total. The van der Waals surface area contributed by atoms with E-state index in [2.05, 4.69) is 127 Å². The van der Waals surface area contributed by atoms with Gasteiger partial charge in [-0.15, -0.1) is 0 Å². The largest absolute Gasteiger partial charge is 0.379 e. The summed E-state index contributed by atoms with van der Waals surface area (Å²) >= 11 is 0. The summed E-state index contributed by atoms with van der Waals surface area (Å²) in [6.07, 6.45) is 12.5. The highest BCUT2D eigenvalue weighted by Gasteiger charge is 2.59. The molecule has 5 aliphatic carbocycles. The molecular formula is C105H154N13O19+. The Morgan fingerprint density at radius 2 is 1.06 bits per heavy atom. The molecule has 0 spiro atoms. The molecule has 10 amide bonds. The van der Waals surface area contributed by atoms with Crippen LogP contribution < -0.4 is 53.3 Å². The van der Waals surface area contributed by atoms with Crippen LogP contribution in [0.1, 0.15) is 221 Å². The molecule has 1 aliphatic heterocycles. The second-order valence-corrected chi connectivity index (χ2v) is 39.5. The van der Waals surface area contributed by atoms with Gasteiger partial charge in [0, 0.05) is 55.6 Å². The van der Waals surface area contributed by atoms with Crippen molar-refractivity contribution in [2.24, 2.45) is 44.5 Å². The maximum atomic E-state index is 15.0. The Morgan fingerprint density at radius 3 is 1.68 bits per heavy atom. The molecule has 137 heavy (non-hydrogen) atoms. The molecule has 752 valence electrons. The highest BCUT2D eigenvalue weighted by molar-refractivity contribution is 6.44. The summed E-state index contributed by atoms with van der Waals surface area (Å²) in [4.78, 5) is 145. The first-order valence-corrected chi connectivity index (χ1v) is 49.8. The third kappa shape index (κ3) is 32.6. The number of carbonyl (C=O) groups is 10. The van der Waals surface area contributed by atoms with E-state index in [0.717, 1.165) is 116 Å². The zero-order valence-corrected chi connectivity index (χ0v) is 83.1. The normalized spacial score (nSPS) is 21.8. The molecule has 10 rings (SSSR count). The van der Waals surface area contributed by atoms with Gasteiger partial charge in [-0.2, -0.15) is 5.10 Å². The number of hydrazone groups is 1. The van der Waals surface area contributed by atoms with Crippen LogP contribution in [0.5, 0.6) is 0 Å². The number of fused-ring (bicyclic) bond motifs is 8. The van der Waals surface area contributed by atoms with E-state index >= 15 is 4.79 Å².